The summed E-state index contributed by atoms with van der Waals surface area (Å²) in [5, 5.41) is 4.39. The van der Waals surface area contributed by atoms with Gasteiger partial charge in [0.2, 0.25) is 0 Å². The number of benzene rings is 1. The first kappa shape index (κ1) is 16.8. The molecule has 0 aliphatic heterocycles. The van der Waals surface area contributed by atoms with Crippen molar-refractivity contribution >= 4 is 34.5 Å². The lowest BCUT2D eigenvalue weighted by molar-refractivity contribution is 0.473. The number of hydrogen-bond acceptors (Lipinski definition) is 2. The van der Waals surface area contributed by atoms with Crippen LogP contribution in [0, 0.1) is 5.92 Å². The molecule has 0 amide bonds. The maximum atomic E-state index is 6.30. The first-order valence-electron chi connectivity index (χ1n) is 7.37. The van der Waals surface area contributed by atoms with Crippen LogP contribution in [0.2, 0.25) is 9.36 Å². The molecule has 0 aliphatic carbocycles. The average Bonchev–Trinajstić information content (AvgIpc) is 2.87. The molecule has 1 aromatic carbocycles. The Labute approximate surface area is 141 Å². The van der Waals surface area contributed by atoms with Crippen LogP contribution in [0.4, 0.5) is 0 Å². The summed E-state index contributed by atoms with van der Waals surface area (Å²) in [5.74, 6) is 0.533. The standard InChI is InChI=1S/C17H21Cl2NS/c1-2-9-20-12-13(11-15-7-8-17(19)21-15)10-14-5-3-4-6-16(14)18/h3-8,13,20H,2,9-12H2,1H3. The molecule has 2 aromatic rings. The zero-order valence-corrected chi connectivity index (χ0v) is 14.6. The highest BCUT2D eigenvalue weighted by Crippen LogP contribution is 2.26. The number of rotatable bonds is 8. The van der Waals surface area contributed by atoms with E-state index < -0.39 is 0 Å². The molecule has 2 rings (SSSR count). The fraction of sp³-hybridized carbons (Fsp3) is 0.412. The van der Waals surface area contributed by atoms with Crippen LogP contribution in [0.3, 0.4) is 0 Å². The van der Waals surface area contributed by atoms with Crippen LogP contribution in [0.1, 0.15) is 23.8 Å². The minimum absolute atomic E-state index is 0.533. The predicted molar refractivity (Wildman–Crippen MR) is 94.8 cm³/mol. The highest BCUT2D eigenvalue weighted by Gasteiger charge is 2.13. The third-order valence-electron chi connectivity index (χ3n) is 3.44. The summed E-state index contributed by atoms with van der Waals surface area (Å²) in [6.07, 6.45) is 3.19. The van der Waals surface area contributed by atoms with E-state index in [1.165, 1.54) is 10.4 Å². The summed E-state index contributed by atoms with van der Waals surface area (Å²) in [7, 11) is 0. The molecule has 0 aliphatic rings. The highest BCUT2D eigenvalue weighted by atomic mass is 35.5. The van der Waals surface area contributed by atoms with Gasteiger partial charge in [-0.1, -0.05) is 48.3 Å². The van der Waals surface area contributed by atoms with Crippen molar-refractivity contribution in [3.8, 4) is 0 Å². The Bertz CT molecular complexity index is 553. The van der Waals surface area contributed by atoms with Crippen LogP contribution >= 0.6 is 34.5 Å². The van der Waals surface area contributed by atoms with E-state index in [9.17, 15) is 0 Å². The summed E-state index contributed by atoms with van der Waals surface area (Å²) in [6.45, 7) is 4.26. The Balaban J connectivity index is 2.02. The fourth-order valence-corrected chi connectivity index (χ4v) is 3.84. The molecule has 1 unspecified atom stereocenters. The van der Waals surface area contributed by atoms with Crippen LogP contribution in [-0.4, -0.2) is 13.1 Å². The minimum atomic E-state index is 0.533. The first-order chi connectivity index (χ1) is 10.2. The summed E-state index contributed by atoms with van der Waals surface area (Å²) in [4.78, 5) is 1.34. The van der Waals surface area contributed by atoms with E-state index in [-0.39, 0.29) is 0 Å². The molecule has 4 heteroatoms. The predicted octanol–water partition coefficient (Wildman–Crippen LogP) is 5.46. The Morgan fingerprint density at radius 1 is 1.10 bits per heavy atom. The molecule has 1 heterocycles. The van der Waals surface area contributed by atoms with Gasteiger partial charge in [-0.2, -0.15) is 0 Å². The van der Waals surface area contributed by atoms with Gasteiger partial charge in [0, 0.05) is 9.90 Å². The van der Waals surface area contributed by atoms with Crippen LogP contribution in [-0.2, 0) is 12.8 Å². The minimum Gasteiger partial charge on any atom is -0.316 e. The van der Waals surface area contributed by atoms with Gasteiger partial charge in [-0.25, -0.2) is 0 Å². The topological polar surface area (TPSA) is 12.0 Å². The lowest BCUT2D eigenvalue weighted by atomic mass is 9.95. The van der Waals surface area contributed by atoms with Crippen molar-refractivity contribution in [3.05, 3.63) is 56.2 Å². The van der Waals surface area contributed by atoms with Crippen molar-refractivity contribution in [2.45, 2.75) is 26.2 Å². The van der Waals surface area contributed by atoms with Crippen molar-refractivity contribution < 1.29 is 0 Å². The molecule has 1 nitrogen and oxygen atoms in total. The van der Waals surface area contributed by atoms with Crippen molar-refractivity contribution in [3.63, 3.8) is 0 Å². The molecule has 21 heavy (non-hydrogen) atoms. The Hall–Kier alpha value is -0.540. The Morgan fingerprint density at radius 2 is 1.90 bits per heavy atom. The molecule has 1 aromatic heterocycles. The lowest BCUT2D eigenvalue weighted by Gasteiger charge is -2.18. The Kier molecular flexibility index (Phi) is 7.05. The summed E-state index contributed by atoms with van der Waals surface area (Å²) in [5.41, 5.74) is 1.23. The van der Waals surface area contributed by atoms with Gasteiger partial charge in [-0.15, -0.1) is 11.3 Å². The van der Waals surface area contributed by atoms with Crippen molar-refractivity contribution in [2.75, 3.05) is 13.1 Å². The van der Waals surface area contributed by atoms with Crippen molar-refractivity contribution in [1.29, 1.82) is 0 Å². The quantitative estimate of drug-likeness (QED) is 0.629. The van der Waals surface area contributed by atoms with Gasteiger partial charge in [-0.3, -0.25) is 0 Å². The second-order valence-electron chi connectivity index (χ2n) is 5.28. The molecule has 1 atom stereocenters. The largest absolute Gasteiger partial charge is 0.316 e. The summed E-state index contributed by atoms with van der Waals surface area (Å²) >= 11 is 14.0. The van der Waals surface area contributed by atoms with E-state index in [1.54, 1.807) is 11.3 Å². The molecule has 0 saturated carbocycles. The zero-order chi connectivity index (χ0) is 15.1. The molecule has 0 radical (unpaired) electrons. The molecule has 0 fully saturated rings. The third kappa shape index (κ3) is 5.63. The van der Waals surface area contributed by atoms with Gasteiger partial charge in [0.15, 0.2) is 0 Å². The summed E-state index contributed by atoms with van der Waals surface area (Å²) < 4.78 is 0.864. The molecule has 114 valence electrons. The Morgan fingerprint density at radius 3 is 2.57 bits per heavy atom. The molecule has 0 bridgehead atoms. The van der Waals surface area contributed by atoms with Gasteiger partial charge in [0.05, 0.1) is 4.34 Å². The normalized spacial score (nSPS) is 12.5. The molecular weight excluding hydrogens is 321 g/mol. The van der Waals surface area contributed by atoms with Crippen molar-refractivity contribution in [1.82, 2.24) is 5.32 Å². The van der Waals surface area contributed by atoms with Gasteiger partial charge < -0.3 is 5.32 Å². The summed E-state index contributed by atoms with van der Waals surface area (Å²) in [6, 6.07) is 12.2. The maximum absolute atomic E-state index is 6.30. The van der Waals surface area contributed by atoms with Gasteiger partial charge in [0.1, 0.15) is 0 Å². The van der Waals surface area contributed by atoms with Gasteiger partial charge in [-0.05, 0) is 62.0 Å². The smallest absolute Gasteiger partial charge is 0.0931 e. The molecular formula is C17H21Cl2NS. The first-order valence-corrected chi connectivity index (χ1v) is 8.94. The lowest BCUT2D eigenvalue weighted by Crippen LogP contribution is -2.26. The van der Waals surface area contributed by atoms with Crippen molar-refractivity contribution in [2.24, 2.45) is 5.92 Å². The van der Waals surface area contributed by atoms with Crippen LogP contribution in [0.15, 0.2) is 36.4 Å². The van der Waals surface area contributed by atoms with E-state index in [0.29, 0.717) is 5.92 Å². The number of hydrogen-bond donors (Lipinski definition) is 1. The number of nitrogens with one attached hydrogen (secondary N) is 1. The van der Waals surface area contributed by atoms with Crippen LogP contribution < -0.4 is 5.32 Å². The number of thiophene rings is 1. The second kappa shape index (κ2) is 8.79. The highest BCUT2D eigenvalue weighted by molar-refractivity contribution is 7.16. The van der Waals surface area contributed by atoms with E-state index in [4.69, 9.17) is 23.2 Å². The monoisotopic (exact) mass is 341 g/mol. The SMILES string of the molecule is CCCNCC(Cc1ccc(Cl)s1)Cc1ccccc1Cl. The third-order valence-corrected chi connectivity index (χ3v) is 5.07. The molecule has 0 spiro atoms. The number of halogens is 2. The van der Waals surface area contributed by atoms with E-state index >= 15 is 0 Å². The average molecular weight is 342 g/mol. The maximum Gasteiger partial charge on any atom is 0.0931 e. The zero-order valence-electron chi connectivity index (χ0n) is 12.2. The van der Waals surface area contributed by atoms with E-state index in [0.717, 1.165) is 41.7 Å². The van der Waals surface area contributed by atoms with E-state index in [1.807, 2.05) is 18.2 Å². The van der Waals surface area contributed by atoms with Gasteiger partial charge in [0.25, 0.3) is 0 Å². The molecule has 0 saturated heterocycles. The van der Waals surface area contributed by atoms with Gasteiger partial charge >= 0.3 is 0 Å². The second-order valence-corrected chi connectivity index (χ2v) is 7.48. The van der Waals surface area contributed by atoms with Crippen LogP contribution in [0.5, 0.6) is 0 Å². The fourth-order valence-electron chi connectivity index (χ4n) is 2.42. The van der Waals surface area contributed by atoms with E-state index in [2.05, 4.69) is 30.4 Å². The van der Waals surface area contributed by atoms with Crippen LogP contribution in [0.25, 0.3) is 0 Å². The molecule has 1 N–H and O–H groups in total.